The molecule has 0 fully saturated rings. The first-order valence-corrected chi connectivity index (χ1v) is 30.6. The summed E-state index contributed by atoms with van der Waals surface area (Å²) in [5.74, 6) is -0.909. The van der Waals surface area contributed by atoms with Crippen LogP contribution in [0.3, 0.4) is 0 Å². The fraction of sp³-hybridized carbons (Fsp3) is 0.742. The zero-order chi connectivity index (χ0) is 52.2. The molecule has 72 heavy (non-hydrogen) atoms. The van der Waals surface area contributed by atoms with E-state index in [1.54, 1.807) is 0 Å². The minimum atomic E-state index is -0.788. The van der Waals surface area contributed by atoms with E-state index >= 15 is 0 Å². The van der Waals surface area contributed by atoms with Gasteiger partial charge in [-0.15, -0.1) is 0 Å². The molecular formula is C66H114O6. The largest absolute Gasteiger partial charge is 0.462 e. The van der Waals surface area contributed by atoms with Gasteiger partial charge in [-0.2, -0.15) is 0 Å². The standard InChI is InChI=1S/C66H114O6/c1-4-7-10-13-16-19-22-24-26-27-28-29-30-31-32-33-34-35-36-37-38-39-41-42-44-47-50-53-56-59-65(68)71-62-63(61-70-64(67)58-55-52-49-46-21-18-15-12-9-6-3)72-66(69)60-57-54-51-48-45-43-40-25-23-20-17-14-11-8-5-2/h8,11-12,15,17,20,22,24-25,27-28,30-31,40,63H,4-7,9-10,13-14,16,18-19,21,23,26,29,32-39,41-62H2,1-3H3/b11-8-,15-12-,20-17-,24-22-,28-27-,31-30-,40-25-. The third kappa shape index (κ3) is 57.5. The molecule has 0 spiro atoms. The van der Waals surface area contributed by atoms with Crippen molar-refractivity contribution in [1.82, 2.24) is 0 Å². The predicted octanol–water partition coefficient (Wildman–Crippen LogP) is 20.7. The maximum atomic E-state index is 12.8. The summed E-state index contributed by atoms with van der Waals surface area (Å²) in [5, 5.41) is 0. The van der Waals surface area contributed by atoms with Crippen molar-refractivity contribution in [3.63, 3.8) is 0 Å². The first-order chi connectivity index (χ1) is 35.5. The summed E-state index contributed by atoms with van der Waals surface area (Å²) >= 11 is 0. The lowest BCUT2D eigenvalue weighted by Gasteiger charge is -2.18. The van der Waals surface area contributed by atoms with Crippen LogP contribution < -0.4 is 0 Å². The lowest BCUT2D eigenvalue weighted by Crippen LogP contribution is -2.30. The second kappa shape index (κ2) is 60.1. The van der Waals surface area contributed by atoms with E-state index in [1.165, 1.54) is 135 Å². The van der Waals surface area contributed by atoms with Crippen LogP contribution in [0, 0.1) is 0 Å². The van der Waals surface area contributed by atoms with Gasteiger partial charge in [0.25, 0.3) is 0 Å². The molecule has 414 valence electrons. The molecule has 0 saturated heterocycles. The van der Waals surface area contributed by atoms with Crippen molar-refractivity contribution in [3.05, 3.63) is 85.1 Å². The number of carbonyl (C=O) groups is 3. The maximum Gasteiger partial charge on any atom is 0.306 e. The fourth-order valence-electron chi connectivity index (χ4n) is 8.53. The van der Waals surface area contributed by atoms with Crippen molar-refractivity contribution >= 4 is 17.9 Å². The Bertz CT molecular complexity index is 1380. The van der Waals surface area contributed by atoms with Gasteiger partial charge in [0.05, 0.1) is 0 Å². The van der Waals surface area contributed by atoms with Gasteiger partial charge in [0.1, 0.15) is 13.2 Å². The summed E-state index contributed by atoms with van der Waals surface area (Å²) in [6, 6.07) is 0. The Morgan fingerprint density at radius 1 is 0.292 bits per heavy atom. The van der Waals surface area contributed by atoms with Gasteiger partial charge >= 0.3 is 17.9 Å². The highest BCUT2D eigenvalue weighted by Gasteiger charge is 2.19. The van der Waals surface area contributed by atoms with Crippen LogP contribution in [-0.4, -0.2) is 37.2 Å². The minimum absolute atomic E-state index is 0.0856. The number of rotatable bonds is 55. The molecule has 0 aromatic heterocycles. The van der Waals surface area contributed by atoms with Crippen molar-refractivity contribution in [2.24, 2.45) is 0 Å². The van der Waals surface area contributed by atoms with E-state index in [0.717, 1.165) is 122 Å². The van der Waals surface area contributed by atoms with Crippen molar-refractivity contribution < 1.29 is 28.6 Å². The quantitative estimate of drug-likeness (QED) is 0.0261. The van der Waals surface area contributed by atoms with Crippen LogP contribution in [0.5, 0.6) is 0 Å². The van der Waals surface area contributed by atoms with E-state index in [-0.39, 0.29) is 31.1 Å². The Morgan fingerprint density at radius 3 is 0.917 bits per heavy atom. The van der Waals surface area contributed by atoms with Crippen LogP contribution in [0.1, 0.15) is 297 Å². The molecule has 0 aromatic rings. The van der Waals surface area contributed by atoms with Crippen LogP contribution in [0.25, 0.3) is 0 Å². The molecule has 0 aromatic carbocycles. The van der Waals surface area contributed by atoms with Gasteiger partial charge in [-0.3, -0.25) is 14.4 Å². The third-order valence-corrected chi connectivity index (χ3v) is 13.1. The SMILES string of the molecule is CC/C=C\C/C=C\C/C=C\CCCCCCCC(=O)OC(COC(=O)CCCCCCC/C=C\CCC)COC(=O)CCCCCCCCCCCCCCCC/C=C\C/C=C\C/C=C\CCCCCCC. The number of unbranched alkanes of at least 4 members (excludes halogenated alkanes) is 30. The van der Waals surface area contributed by atoms with Crippen molar-refractivity contribution in [3.8, 4) is 0 Å². The number of hydrogen-bond donors (Lipinski definition) is 0. The number of allylic oxidation sites excluding steroid dienone is 14. The molecule has 0 N–H and O–H groups in total. The Morgan fingerprint density at radius 2 is 0.569 bits per heavy atom. The molecule has 0 radical (unpaired) electrons. The van der Waals surface area contributed by atoms with Crippen LogP contribution in [0.4, 0.5) is 0 Å². The highest BCUT2D eigenvalue weighted by molar-refractivity contribution is 5.71. The van der Waals surface area contributed by atoms with E-state index < -0.39 is 6.10 Å². The molecule has 1 unspecified atom stereocenters. The Labute approximate surface area is 445 Å². The maximum absolute atomic E-state index is 12.8. The topological polar surface area (TPSA) is 78.9 Å². The number of esters is 3. The van der Waals surface area contributed by atoms with E-state index in [9.17, 15) is 14.4 Å². The van der Waals surface area contributed by atoms with Crippen molar-refractivity contribution in [2.75, 3.05) is 13.2 Å². The van der Waals surface area contributed by atoms with Gasteiger partial charge in [-0.05, 0) is 109 Å². The lowest BCUT2D eigenvalue weighted by molar-refractivity contribution is -0.167. The van der Waals surface area contributed by atoms with E-state index in [4.69, 9.17) is 14.2 Å². The molecular weight excluding hydrogens is 889 g/mol. The summed E-state index contributed by atoms with van der Waals surface area (Å²) < 4.78 is 16.8. The first kappa shape index (κ1) is 68.6. The molecule has 0 amide bonds. The highest BCUT2D eigenvalue weighted by Crippen LogP contribution is 2.16. The zero-order valence-electron chi connectivity index (χ0n) is 47.4. The molecule has 0 bridgehead atoms. The monoisotopic (exact) mass is 1000 g/mol. The van der Waals surface area contributed by atoms with Gasteiger partial charge in [0, 0.05) is 19.3 Å². The second-order valence-electron chi connectivity index (χ2n) is 20.2. The van der Waals surface area contributed by atoms with Gasteiger partial charge < -0.3 is 14.2 Å². The van der Waals surface area contributed by atoms with Gasteiger partial charge in [-0.1, -0.05) is 254 Å². The van der Waals surface area contributed by atoms with Crippen LogP contribution in [0.2, 0.25) is 0 Å². The Kier molecular flexibility index (Phi) is 57.3. The molecule has 0 rings (SSSR count). The molecule has 1 atom stereocenters. The number of carbonyl (C=O) groups excluding carboxylic acids is 3. The van der Waals surface area contributed by atoms with Crippen LogP contribution >= 0.6 is 0 Å². The Balaban J connectivity index is 4.18. The molecule has 6 nitrogen and oxygen atoms in total. The molecule has 0 aliphatic carbocycles. The normalized spacial score (nSPS) is 12.7. The molecule has 0 saturated carbocycles. The first-order valence-electron chi connectivity index (χ1n) is 30.6. The highest BCUT2D eigenvalue weighted by atomic mass is 16.6. The van der Waals surface area contributed by atoms with Crippen LogP contribution in [0.15, 0.2) is 85.1 Å². The number of hydrogen-bond acceptors (Lipinski definition) is 6. The van der Waals surface area contributed by atoms with E-state index in [1.807, 2.05) is 0 Å². The van der Waals surface area contributed by atoms with Gasteiger partial charge in [0.15, 0.2) is 6.10 Å². The smallest absolute Gasteiger partial charge is 0.306 e. The molecule has 0 heterocycles. The molecule has 6 heteroatoms. The Hall–Kier alpha value is -3.41. The lowest BCUT2D eigenvalue weighted by atomic mass is 10.0. The average molecular weight is 1000 g/mol. The summed E-state index contributed by atoms with van der Waals surface area (Å²) in [5.41, 5.74) is 0. The number of ether oxygens (including phenoxy) is 3. The van der Waals surface area contributed by atoms with Crippen molar-refractivity contribution in [2.45, 2.75) is 303 Å². The van der Waals surface area contributed by atoms with Gasteiger partial charge in [0.2, 0.25) is 0 Å². The van der Waals surface area contributed by atoms with E-state index in [0.29, 0.717) is 19.3 Å². The fourth-order valence-corrected chi connectivity index (χ4v) is 8.53. The average Bonchev–Trinajstić information content (AvgIpc) is 3.38. The van der Waals surface area contributed by atoms with Crippen molar-refractivity contribution in [1.29, 1.82) is 0 Å². The van der Waals surface area contributed by atoms with Crippen LogP contribution in [-0.2, 0) is 28.6 Å². The predicted molar refractivity (Wildman–Crippen MR) is 311 cm³/mol. The zero-order valence-corrected chi connectivity index (χ0v) is 47.4. The summed E-state index contributed by atoms with van der Waals surface area (Å²) in [6.07, 6.45) is 78.9. The third-order valence-electron chi connectivity index (χ3n) is 13.1. The summed E-state index contributed by atoms with van der Waals surface area (Å²) in [6.45, 7) is 6.45. The molecule has 0 aliphatic rings. The summed E-state index contributed by atoms with van der Waals surface area (Å²) in [4.78, 5) is 38.1. The minimum Gasteiger partial charge on any atom is -0.462 e. The van der Waals surface area contributed by atoms with E-state index in [2.05, 4.69) is 106 Å². The second-order valence-corrected chi connectivity index (χ2v) is 20.2. The van der Waals surface area contributed by atoms with Gasteiger partial charge in [-0.25, -0.2) is 0 Å². The molecule has 0 aliphatic heterocycles. The summed E-state index contributed by atoms with van der Waals surface area (Å²) in [7, 11) is 0.